The van der Waals surface area contributed by atoms with Crippen molar-refractivity contribution in [1.29, 1.82) is 0 Å². The van der Waals surface area contributed by atoms with Gasteiger partial charge in [0.15, 0.2) is 5.82 Å². The summed E-state index contributed by atoms with van der Waals surface area (Å²) in [4.78, 5) is 6.03. The van der Waals surface area contributed by atoms with Gasteiger partial charge in [0.05, 0.1) is 5.71 Å². The largest absolute Gasteiger partial charge is 0.396 e. The molecule has 25 heavy (non-hydrogen) atoms. The maximum atomic E-state index is 9.34. The molecular weight excluding hydrogens is 356 g/mol. The first kappa shape index (κ1) is 16.4. The van der Waals surface area contributed by atoms with E-state index in [0.29, 0.717) is 11.4 Å². The molecule has 3 aromatic rings. The van der Waals surface area contributed by atoms with Gasteiger partial charge in [0.2, 0.25) is 0 Å². The summed E-state index contributed by atoms with van der Waals surface area (Å²) in [6.07, 6.45) is 0.611. The molecule has 1 aliphatic rings. The molecule has 0 spiro atoms. The molecule has 0 amide bonds. The van der Waals surface area contributed by atoms with E-state index in [1.807, 2.05) is 38.1 Å². The zero-order chi connectivity index (χ0) is 17.6. The van der Waals surface area contributed by atoms with Crippen molar-refractivity contribution in [3.8, 4) is 5.00 Å². The van der Waals surface area contributed by atoms with Crippen molar-refractivity contribution in [2.24, 2.45) is 4.99 Å². The number of rotatable bonds is 3. The molecule has 3 heterocycles. The van der Waals surface area contributed by atoms with Crippen LogP contribution in [0.5, 0.6) is 0 Å². The molecule has 1 N–H and O–H groups in total. The van der Waals surface area contributed by atoms with E-state index in [1.54, 1.807) is 11.3 Å². The zero-order valence-corrected chi connectivity index (χ0v) is 15.5. The fraction of sp³-hybridized carbons (Fsp3) is 0.278. The smallest absolute Gasteiger partial charge is 0.162 e. The fourth-order valence-electron chi connectivity index (χ4n) is 3.09. The molecule has 4 rings (SSSR count). The molecular formula is C18H17ClN4OS. The maximum Gasteiger partial charge on any atom is 0.162 e. The predicted octanol–water partition coefficient (Wildman–Crippen LogP) is 3.74. The lowest BCUT2D eigenvalue weighted by molar-refractivity contribution is 0.300. The van der Waals surface area contributed by atoms with Gasteiger partial charge in [0.1, 0.15) is 16.9 Å². The van der Waals surface area contributed by atoms with Crippen LogP contribution in [0.15, 0.2) is 35.3 Å². The van der Waals surface area contributed by atoms with Gasteiger partial charge in [-0.1, -0.05) is 29.8 Å². The van der Waals surface area contributed by atoms with Crippen molar-refractivity contribution in [3.05, 3.63) is 63.0 Å². The molecule has 0 bridgehead atoms. The van der Waals surface area contributed by atoms with Crippen molar-refractivity contribution >= 4 is 28.6 Å². The van der Waals surface area contributed by atoms with Gasteiger partial charge in [-0.05, 0) is 26.0 Å². The third-order valence-corrected chi connectivity index (χ3v) is 5.76. The summed E-state index contributed by atoms with van der Waals surface area (Å²) in [5, 5.41) is 19.6. The van der Waals surface area contributed by atoms with Gasteiger partial charge in [-0.15, -0.1) is 21.5 Å². The van der Waals surface area contributed by atoms with Crippen molar-refractivity contribution < 1.29 is 5.11 Å². The Hall–Kier alpha value is -2.02. The monoisotopic (exact) mass is 372 g/mol. The van der Waals surface area contributed by atoms with Gasteiger partial charge in [-0.2, -0.15) is 0 Å². The maximum absolute atomic E-state index is 9.34. The minimum Gasteiger partial charge on any atom is -0.396 e. The van der Waals surface area contributed by atoms with Gasteiger partial charge in [0.25, 0.3) is 0 Å². The fourth-order valence-corrected chi connectivity index (χ4v) is 4.52. The molecule has 5 nitrogen and oxygen atoms in total. The molecule has 1 unspecified atom stereocenters. The van der Waals surface area contributed by atoms with Gasteiger partial charge < -0.3 is 5.11 Å². The van der Waals surface area contributed by atoms with E-state index < -0.39 is 0 Å². The highest BCUT2D eigenvalue weighted by atomic mass is 35.5. The number of benzene rings is 1. The molecule has 0 radical (unpaired) electrons. The first-order valence-electron chi connectivity index (χ1n) is 8.09. The summed E-state index contributed by atoms with van der Waals surface area (Å²) in [6, 6.07) is 9.71. The summed E-state index contributed by atoms with van der Waals surface area (Å²) < 4.78 is 2.07. The lowest BCUT2D eigenvalue weighted by Crippen LogP contribution is -2.05. The number of hydrogen-bond acceptors (Lipinski definition) is 5. The number of aryl methyl sites for hydroxylation is 1. The number of aliphatic hydroxyl groups excluding tert-OH is 1. The number of nitrogens with zero attached hydrogens (tertiary/aromatic N) is 4. The van der Waals surface area contributed by atoms with Crippen LogP contribution in [-0.4, -0.2) is 32.2 Å². The van der Waals surface area contributed by atoms with Crippen LogP contribution < -0.4 is 0 Å². The Bertz CT molecular complexity index is 975. The Morgan fingerprint density at radius 3 is 2.80 bits per heavy atom. The van der Waals surface area contributed by atoms with E-state index in [9.17, 15) is 5.11 Å². The molecule has 128 valence electrons. The summed E-state index contributed by atoms with van der Waals surface area (Å²) in [5.74, 6) is 1.65. The normalized spacial score (nSPS) is 16.2. The van der Waals surface area contributed by atoms with E-state index in [2.05, 4.69) is 20.8 Å². The number of halogens is 1. The first-order chi connectivity index (χ1) is 12.1. The van der Waals surface area contributed by atoms with E-state index in [0.717, 1.165) is 38.4 Å². The van der Waals surface area contributed by atoms with Gasteiger partial charge >= 0.3 is 0 Å². The molecule has 1 atom stereocenters. The Morgan fingerprint density at radius 2 is 2.04 bits per heavy atom. The van der Waals surface area contributed by atoms with E-state index >= 15 is 0 Å². The topological polar surface area (TPSA) is 63.3 Å². The number of fused-ring (bicyclic) bond motifs is 3. The third kappa shape index (κ3) is 2.70. The molecule has 7 heteroatoms. The number of thiophene rings is 1. The predicted molar refractivity (Wildman–Crippen MR) is 100 cm³/mol. The molecule has 0 saturated heterocycles. The SMILES string of the molecule is Cc1nnc2n1-c1sc(CCO)cc1C(c1ccccc1Cl)=NC2C. The van der Waals surface area contributed by atoms with Gasteiger partial charge in [-0.25, -0.2) is 0 Å². The highest BCUT2D eigenvalue weighted by Crippen LogP contribution is 2.37. The van der Waals surface area contributed by atoms with Crippen LogP contribution in [0.3, 0.4) is 0 Å². The van der Waals surface area contributed by atoms with Crippen LogP contribution in [0.4, 0.5) is 0 Å². The van der Waals surface area contributed by atoms with Crippen LogP contribution >= 0.6 is 22.9 Å². The van der Waals surface area contributed by atoms with E-state index in [-0.39, 0.29) is 12.6 Å². The molecule has 0 fully saturated rings. The number of aliphatic hydroxyl groups is 1. The summed E-state index contributed by atoms with van der Waals surface area (Å²) in [7, 11) is 0. The number of hydrogen-bond donors (Lipinski definition) is 1. The minimum atomic E-state index is -0.131. The van der Waals surface area contributed by atoms with Gasteiger partial charge in [-0.3, -0.25) is 9.56 Å². The third-order valence-electron chi connectivity index (χ3n) is 4.26. The number of aromatic nitrogens is 3. The van der Waals surface area contributed by atoms with E-state index in [1.165, 1.54) is 0 Å². The highest BCUT2D eigenvalue weighted by Gasteiger charge is 2.28. The molecule has 0 aliphatic carbocycles. The Kier molecular flexibility index (Phi) is 4.19. The van der Waals surface area contributed by atoms with Crippen LogP contribution in [0, 0.1) is 6.92 Å². The molecule has 2 aromatic heterocycles. The second-order valence-corrected chi connectivity index (χ2v) is 7.50. The van der Waals surface area contributed by atoms with Gasteiger partial charge in [0, 0.05) is 34.1 Å². The minimum absolute atomic E-state index is 0.113. The van der Waals surface area contributed by atoms with Crippen LogP contribution in [0.1, 0.15) is 40.6 Å². The molecule has 0 saturated carbocycles. The highest BCUT2D eigenvalue weighted by molar-refractivity contribution is 7.15. The standard InChI is InChI=1S/C18H17ClN4OS/c1-10-17-22-21-11(2)23(17)18-14(9-12(25-18)7-8-24)16(20-10)13-5-3-4-6-15(13)19/h3-6,9-10,24H,7-8H2,1-2H3. The van der Waals surface area contributed by atoms with Crippen molar-refractivity contribution in [2.45, 2.75) is 26.3 Å². The summed E-state index contributed by atoms with van der Waals surface area (Å²) in [5.41, 5.74) is 2.77. The lowest BCUT2D eigenvalue weighted by atomic mass is 10.0. The second-order valence-electron chi connectivity index (χ2n) is 5.98. The van der Waals surface area contributed by atoms with Crippen LogP contribution in [-0.2, 0) is 6.42 Å². The average molecular weight is 373 g/mol. The van der Waals surface area contributed by atoms with Crippen molar-refractivity contribution in [1.82, 2.24) is 14.8 Å². The Balaban J connectivity index is 2.00. The molecule has 1 aliphatic heterocycles. The summed E-state index contributed by atoms with van der Waals surface area (Å²) >= 11 is 8.10. The van der Waals surface area contributed by atoms with Crippen LogP contribution in [0.25, 0.3) is 5.00 Å². The summed E-state index contributed by atoms with van der Waals surface area (Å²) in [6.45, 7) is 4.07. The Morgan fingerprint density at radius 1 is 1.24 bits per heavy atom. The lowest BCUT2D eigenvalue weighted by Gasteiger charge is -2.09. The van der Waals surface area contributed by atoms with Crippen LogP contribution in [0.2, 0.25) is 5.02 Å². The van der Waals surface area contributed by atoms with Crippen molar-refractivity contribution in [2.75, 3.05) is 6.61 Å². The quantitative estimate of drug-likeness (QED) is 0.761. The molecule has 1 aromatic carbocycles. The number of aliphatic imine (C=N–C) groups is 1. The average Bonchev–Trinajstić information content (AvgIpc) is 3.14. The Labute approximate surface area is 154 Å². The first-order valence-corrected chi connectivity index (χ1v) is 9.28. The second kappa shape index (κ2) is 6.37. The van der Waals surface area contributed by atoms with E-state index in [4.69, 9.17) is 16.6 Å². The zero-order valence-electron chi connectivity index (χ0n) is 13.9. The van der Waals surface area contributed by atoms with Crippen molar-refractivity contribution in [3.63, 3.8) is 0 Å².